The Morgan fingerprint density at radius 1 is 0.542 bits per heavy atom. The van der Waals surface area contributed by atoms with E-state index in [-0.39, 0.29) is 38.2 Å². The number of hydrogen-bond acceptors (Lipinski definition) is 2. The van der Waals surface area contributed by atoms with Crippen molar-refractivity contribution < 1.29 is 38.6 Å². The summed E-state index contributed by atoms with van der Waals surface area (Å²) in [5, 5.41) is 0. The molecule has 0 aromatic rings. The van der Waals surface area contributed by atoms with Gasteiger partial charge in [0.2, 0.25) is 0 Å². The van der Waals surface area contributed by atoms with Crippen molar-refractivity contribution in [3.8, 4) is 0 Å². The van der Waals surface area contributed by atoms with Crippen LogP contribution in [0.4, 0.5) is 0 Å². The minimum absolute atomic E-state index is 0. The molecule has 0 aliphatic rings. The molecule has 138 valence electrons. The Morgan fingerprint density at radius 3 is 1.12 bits per heavy atom. The van der Waals surface area contributed by atoms with Crippen molar-refractivity contribution in [3.05, 3.63) is 0 Å². The van der Waals surface area contributed by atoms with E-state index in [1.807, 2.05) is 0 Å². The van der Waals surface area contributed by atoms with Crippen LogP contribution in [0.3, 0.4) is 0 Å². The molecule has 0 aliphatic heterocycles. The van der Waals surface area contributed by atoms with Crippen molar-refractivity contribution >= 4 is 8.69 Å². The Bertz CT molecular complexity index is 228. The minimum atomic E-state index is -0.170. The van der Waals surface area contributed by atoms with E-state index >= 15 is 0 Å². The van der Waals surface area contributed by atoms with Gasteiger partial charge >= 0.3 is 38.2 Å². The third-order valence-electron chi connectivity index (χ3n) is 4.64. The van der Waals surface area contributed by atoms with Crippen LogP contribution in [-0.2, 0) is 9.09 Å². The molecular formula is C20H41NaO2P+. The summed E-state index contributed by atoms with van der Waals surface area (Å²) >= 11 is 0. The molecule has 0 atom stereocenters. The summed E-state index contributed by atoms with van der Waals surface area (Å²) in [5.74, 6) is 0. The molecule has 0 aromatic carbocycles. The third-order valence-corrected chi connectivity index (χ3v) is 4.93. The van der Waals surface area contributed by atoms with Crippen LogP contribution in [0.15, 0.2) is 0 Å². The van der Waals surface area contributed by atoms with Crippen LogP contribution in [0.25, 0.3) is 0 Å². The van der Waals surface area contributed by atoms with Gasteiger partial charge in [-0.05, 0) is 6.42 Å². The van der Waals surface area contributed by atoms with Gasteiger partial charge in [0, 0.05) is 0 Å². The van der Waals surface area contributed by atoms with Crippen LogP contribution in [0, 0.1) is 0 Å². The number of rotatable bonds is 20. The maximum absolute atomic E-state index is 10.1. The van der Waals surface area contributed by atoms with Crippen LogP contribution in [0.2, 0.25) is 0 Å². The first kappa shape index (κ1) is 27.3. The van der Waals surface area contributed by atoms with Crippen molar-refractivity contribution in [2.45, 2.75) is 122 Å². The molecule has 0 saturated heterocycles. The normalized spacial score (nSPS) is 10.9. The van der Waals surface area contributed by atoms with Gasteiger partial charge in [-0.15, -0.1) is 0 Å². The summed E-state index contributed by atoms with van der Waals surface area (Å²) in [5.41, 5.74) is 0. The van der Waals surface area contributed by atoms with E-state index in [0.29, 0.717) is 6.61 Å². The second-order valence-corrected chi connectivity index (χ2v) is 7.33. The fraction of sp³-hybridized carbons (Fsp3) is 1.00. The molecule has 24 heavy (non-hydrogen) atoms. The second-order valence-electron chi connectivity index (χ2n) is 6.92. The van der Waals surface area contributed by atoms with Crippen molar-refractivity contribution in [2.24, 2.45) is 0 Å². The van der Waals surface area contributed by atoms with Crippen LogP contribution in [0.1, 0.15) is 122 Å². The molecule has 0 bridgehead atoms. The maximum atomic E-state index is 10.1. The quantitative estimate of drug-likeness (QED) is 0.167. The van der Waals surface area contributed by atoms with Crippen molar-refractivity contribution in [1.82, 2.24) is 0 Å². The summed E-state index contributed by atoms with van der Waals surface area (Å²) in [7, 11) is -0.170. The van der Waals surface area contributed by atoms with E-state index in [9.17, 15) is 4.57 Å². The zero-order chi connectivity index (χ0) is 16.8. The topological polar surface area (TPSA) is 26.3 Å². The largest absolute Gasteiger partial charge is 1.00 e. The van der Waals surface area contributed by atoms with Gasteiger partial charge in [0.05, 0.1) is 6.61 Å². The molecule has 0 N–H and O–H groups in total. The van der Waals surface area contributed by atoms with Gasteiger partial charge in [-0.1, -0.05) is 116 Å². The van der Waals surface area contributed by atoms with Gasteiger partial charge < -0.3 is 0 Å². The molecule has 0 rings (SSSR count). The van der Waals surface area contributed by atoms with Crippen molar-refractivity contribution in [1.29, 1.82) is 0 Å². The van der Waals surface area contributed by atoms with Gasteiger partial charge in [-0.25, -0.2) is 4.57 Å². The van der Waals surface area contributed by atoms with Crippen LogP contribution in [-0.4, -0.2) is 6.61 Å². The van der Waals surface area contributed by atoms with E-state index < -0.39 is 0 Å². The van der Waals surface area contributed by atoms with Crippen LogP contribution >= 0.6 is 8.69 Å². The first-order valence-corrected chi connectivity index (χ1v) is 11.1. The summed E-state index contributed by atoms with van der Waals surface area (Å²) in [6.45, 7) is 2.93. The van der Waals surface area contributed by atoms with Gasteiger partial charge in [0.15, 0.2) is 0 Å². The van der Waals surface area contributed by atoms with Crippen molar-refractivity contribution in [2.75, 3.05) is 6.61 Å². The summed E-state index contributed by atoms with van der Waals surface area (Å²) in [4.78, 5) is 0. The number of hydrogen-bond donors (Lipinski definition) is 0. The van der Waals surface area contributed by atoms with E-state index in [2.05, 4.69) is 6.92 Å². The van der Waals surface area contributed by atoms with E-state index in [0.717, 1.165) is 6.42 Å². The standard InChI is InChI=1S/C20H41O2P.Na/c1-2-3-4-5-6-7-8-9-10-11-12-13-14-15-16-17-18-19-20-22-23-21;/h2-20H2,1H3;/q;+1. The molecule has 0 aromatic heterocycles. The van der Waals surface area contributed by atoms with Crippen LogP contribution < -0.4 is 29.6 Å². The predicted molar refractivity (Wildman–Crippen MR) is 102 cm³/mol. The van der Waals surface area contributed by atoms with Crippen LogP contribution in [0.5, 0.6) is 0 Å². The Labute approximate surface area is 175 Å². The molecule has 0 fully saturated rings. The molecule has 2 nitrogen and oxygen atoms in total. The zero-order valence-corrected chi connectivity index (χ0v) is 19.6. The second kappa shape index (κ2) is 26.3. The number of unbranched alkanes of at least 4 members (excludes halogenated alkanes) is 17. The van der Waals surface area contributed by atoms with Gasteiger partial charge in [-0.3, -0.25) is 4.52 Å². The Kier molecular flexibility index (Phi) is 29.9. The van der Waals surface area contributed by atoms with E-state index in [4.69, 9.17) is 4.52 Å². The molecule has 0 amide bonds. The SMILES string of the molecule is CCCCCCCCCCCCCCCCCCCCOP=O.[Na+]. The summed E-state index contributed by atoms with van der Waals surface area (Å²) in [6, 6.07) is 0. The molecule has 0 saturated carbocycles. The Morgan fingerprint density at radius 2 is 0.833 bits per heavy atom. The van der Waals surface area contributed by atoms with Gasteiger partial charge in [0.1, 0.15) is 0 Å². The predicted octanol–water partition coefficient (Wildman–Crippen LogP) is 5.26. The average Bonchev–Trinajstić information content (AvgIpc) is 2.57. The third kappa shape index (κ3) is 25.3. The minimum Gasteiger partial charge on any atom is -0.294 e. The summed E-state index contributed by atoms with van der Waals surface area (Å²) in [6.07, 6.45) is 25.0. The fourth-order valence-corrected chi connectivity index (χ4v) is 3.31. The molecule has 4 heteroatoms. The zero-order valence-electron chi connectivity index (χ0n) is 16.7. The summed E-state index contributed by atoms with van der Waals surface area (Å²) < 4.78 is 14.8. The van der Waals surface area contributed by atoms with E-state index in [1.165, 1.54) is 109 Å². The first-order valence-electron chi connectivity index (χ1n) is 10.4. The average molecular weight is 368 g/mol. The molecular weight excluding hydrogens is 326 g/mol. The van der Waals surface area contributed by atoms with E-state index in [1.54, 1.807) is 0 Å². The molecule has 0 unspecified atom stereocenters. The fourth-order valence-electron chi connectivity index (χ4n) is 3.11. The monoisotopic (exact) mass is 367 g/mol. The van der Waals surface area contributed by atoms with Gasteiger partial charge in [0.25, 0.3) is 0 Å². The Balaban J connectivity index is 0. The smallest absolute Gasteiger partial charge is 0.294 e. The molecule has 0 aliphatic carbocycles. The molecule has 0 spiro atoms. The first-order chi connectivity index (χ1) is 11.4. The molecule has 0 heterocycles. The molecule has 0 radical (unpaired) electrons. The maximum Gasteiger partial charge on any atom is 1.00 e. The van der Waals surface area contributed by atoms with Gasteiger partial charge in [-0.2, -0.15) is 0 Å². The Hall–Kier alpha value is 1.06. The van der Waals surface area contributed by atoms with Crippen molar-refractivity contribution in [3.63, 3.8) is 0 Å².